The molecule has 1 heterocycles. The number of unbranched alkanes of at least 4 members (excludes halogenated alkanes) is 7. The van der Waals surface area contributed by atoms with Crippen molar-refractivity contribution in [3.05, 3.63) is 12.2 Å². The zero-order chi connectivity index (χ0) is 33.2. The highest BCUT2D eigenvalue weighted by Gasteiger charge is 2.78. The lowest BCUT2D eigenvalue weighted by atomic mass is 9.44. The Bertz CT molecular complexity index is 1010. The summed E-state index contributed by atoms with van der Waals surface area (Å²) in [6.07, 6.45) is 7.71. The molecule has 2 amide bonds. The van der Waals surface area contributed by atoms with Crippen LogP contribution in [0.15, 0.2) is 12.2 Å². The lowest BCUT2D eigenvalue weighted by Gasteiger charge is -2.67. The molecule has 1 saturated carbocycles. The maximum Gasteiger partial charge on any atom is 0.508 e. The Balaban J connectivity index is 1.91. The molecule has 0 aromatic heterocycles. The summed E-state index contributed by atoms with van der Waals surface area (Å²) in [5.41, 5.74) is -6.67. The van der Waals surface area contributed by atoms with Crippen molar-refractivity contribution in [1.82, 2.24) is 10.6 Å². The zero-order valence-electron chi connectivity index (χ0n) is 27.2. The number of aliphatic hydroxyl groups excluding tert-OH is 1. The van der Waals surface area contributed by atoms with E-state index in [4.69, 9.17) is 14.2 Å². The first-order chi connectivity index (χ1) is 20.6. The first kappa shape index (κ1) is 37.6. The van der Waals surface area contributed by atoms with Gasteiger partial charge in [-0.15, -0.1) is 0 Å². The van der Waals surface area contributed by atoms with E-state index < -0.39 is 64.4 Å². The van der Waals surface area contributed by atoms with Crippen LogP contribution in [0.1, 0.15) is 98.8 Å². The number of rotatable bonds is 17. The summed E-state index contributed by atoms with van der Waals surface area (Å²) in [7, 11) is 1.17. The van der Waals surface area contributed by atoms with Crippen LogP contribution in [-0.2, 0) is 28.6 Å². The van der Waals surface area contributed by atoms with Gasteiger partial charge in [0.05, 0.1) is 13.2 Å². The van der Waals surface area contributed by atoms with Crippen molar-refractivity contribution in [3.8, 4) is 0 Å². The van der Waals surface area contributed by atoms with Gasteiger partial charge < -0.3 is 45.0 Å². The van der Waals surface area contributed by atoms with E-state index in [1.54, 1.807) is 13.8 Å². The summed E-state index contributed by atoms with van der Waals surface area (Å²) in [5, 5.41) is 39.0. The Kier molecular flexibility index (Phi) is 13.8. The van der Waals surface area contributed by atoms with Crippen molar-refractivity contribution < 1.29 is 48.7 Å². The second kappa shape index (κ2) is 16.1. The number of amides is 2. The minimum atomic E-state index is -2.25. The lowest BCUT2D eigenvalue weighted by molar-refractivity contribution is -0.359. The monoisotopic (exact) mass is 626 g/mol. The largest absolute Gasteiger partial charge is 0.508 e. The fourth-order valence-corrected chi connectivity index (χ4v) is 5.87. The van der Waals surface area contributed by atoms with Crippen LogP contribution in [0, 0.1) is 10.8 Å². The Morgan fingerprint density at radius 1 is 1.09 bits per heavy atom. The minimum Gasteiger partial charge on any atom is -0.434 e. The molecule has 2 fully saturated rings. The number of nitrogens with one attached hydrogen (secondary N) is 2. The van der Waals surface area contributed by atoms with E-state index in [-0.39, 0.29) is 26.0 Å². The van der Waals surface area contributed by atoms with Gasteiger partial charge in [0.1, 0.15) is 35.7 Å². The van der Waals surface area contributed by atoms with E-state index in [1.165, 1.54) is 65.2 Å². The van der Waals surface area contributed by atoms with E-state index in [1.807, 2.05) is 0 Å². The number of ether oxygens (including phenoxy) is 3. The summed E-state index contributed by atoms with van der Waals surface area (Å²) in [4.78, 5) is 49.6. The van der Waals surface area contributed by atoms with Crippen molar-refractivity contribution in [2.45, 2.75) is 134 Å². The normalized spacial score (nSPS) is 29.2. The molecule has 12 nitrogen and oxygen atoms in total. The average Bonchev–Trinajstić information content (AvgIpc) is 3.15. The molecule has 0 radical (unpaired) electrons. The van der Waals surface area contributed by atoms with Crippen LogP contribution in [-0.4, -0.2) is 95.4 Å². The smallest absolute Gasteiger partial charge is 0.434 e. The first-order valence-electron chi connectivity index (χ1n) is 15.8. The number of allylic oxidation sites excluding steroid dienone is 1. The molecule has 0 aromatic rings. The molecule has 44 heavy (non-hydrogen) atoms. The van der Waals surface area contributed by atoms with E-state index in [2.05, 4.69) is 17.6 Å². The van der Waals surface area contributed by atoms with Crippen LogP contribution < -0.4 is 10.6 Å². The molecule has 12 heteroatoms. The molecule has 0 aromatic carbocycles. The maximum absolute atomic E-state index is 13.3. The molecule has 2 rings (SSSR count). The Hall–Kier alpha value is -2.54. The second-order valence-electron chi connectivity index (χ2n) is 13.3. The van der Waals surface area contributed by atoms with E-state index in [9.17, 15) is 34.5 Å². The van der Waals surface area contributed by atoms with Gasteiger partial charge in [0.2, 0.25) is 5.91 Å². The van der Waals surface area contributed by atoms with Crippen LogP contribution in [0.2, 0.25) is 0 Å². The van der Waals surface area contributed by atoms with Crippen molar-refractivity contribution in [2.24, 2.45) is 10.8 Å². The SMILES string of the molecule is CCCCCCCCCCOC(=O)O[C@@H]1CC[C@H](NC(=O)[C@H](OC)[C@]2(O)[C@@H](O)[C@@](O)(C=CC(C)(C)C=O)C2(C)C)C(=O)NC1. The third-order valence-electron chi connectivity index (χ3n) is 9.18. The fraction of sp³-hybridized carbons (Fsp3) is 0.812. The number of hydrogen-bond donors (Lipinski definition) is 5. The van der Waals surface area contributed by atoms with Crippen molar-refractivity contribution in [2.75, 3.05) is 20.3 Å². The number of carbonyl (C=O) groups excluding carboxylic acids is 4. The van der Waals surface area contributed by atoms with E-state index in [0.717, 1.165) is 19.3 Å². The average molecular weight is 627 g/mol. The van der Waals surface area contributed by atoms with Gasteiger partial charge in [-0.2, -0.15) is 0 Å². The highest BCUT2D eigenvalue weighted by Crippen LogP contribution is 2.60. The summed E-state index contributed by atoms with van der Waals surface area (Å²) >= 11 is 0. The summed E-state index contributed by atoms with van der Waals surface area (Å²) < 4.78 is 15.9. The van der Waals surface area contributed by atoms with E-state index in [0.29, 0.717) is 6.29 Å². The van der Waals surface area contributed by atoms with Crippen LogP contribution in [0.3, 0.4) is 0 Å². The predicted octanol–water partition coefficient (Wildman–Crippen LogP) is 2.70. The van der Waals surface area contributed by atoms with Crippen LogP contribution in [0.25, 0.3) is 0 Å². The van der Waals surface area contributed by atoms with Gasteiger partial charge in [-0.3, -0.25) is 9.59 Å². The molecule has 0 bridgehead atoms. The molecule has 1 aliphatic carbocycles. The second-order valence-corrected chi connectivity index (χ2v) is 13.3. The van der Waals surface area contributed by atoms with Gasteiger partial charge in [-0.25, -0.2) is 4.79 Å². The summed E-state index contributed by atoms with van der Waals surface area (Å²) in [5.74, 6) is -1.38. The molecule has 5 N–H and O–H groups in total. The van der Waals surface area contributed by atoms with Crippen LogP contribution >= 0.6 is 0 Å². The summed E-state index contributed by atoms with van der Waals surface area (Å²) in [6.45, 7) is 8.64. The molecule has 2 aliphatic rings. The lowest BCUT2D eigenvalue weighted by Crippen LogP contribution is -2.86. The molecule has 0 spiro atoms. The number of methoxy groups -OCH3 is 1. The third kappa shape index (κ3) is 8.58. The number of hydrogen-bond acceptors (Lipinski definition) is 10. The Morgan fingerprint density at radius 3 is 2.27 bits per heavy atom. The molecule has 1 aliphatic heterocycles. The van der Waals surface area contributed by atoms with Gasteiger partial charge >= 0.3 is 6.16 Å². The number of carbonyl (C=O) groups is 4. The summed E-state index contributed by atoms with van der Waals surface area (Å²) in [6, 6.07) is -1.03. The highest BCUT2D eigenvalue weighted by molar-refractivity contribution is 5.90. The van der Waals surface area contributed by atoms with Gasteiger partial charge in [0, 0.05) is 17.9 Å². The van der Waals surface area contributed by atoms with Crippen LogP contribution in [0.4, 0.5) is 4.79 Å². The quantitative estimate of drug-likeness (QED) is 0.0697. The van der Waals surface area contributed by atoms with Gasteiger partial charge in [0.15, 0.2) is 6.10 Å². The maximum atomic E-state index is 13.3. The zero-order valence-corrected chi connectivity index (χ0v) is 27.2. The van der Waals surface area contributed by atoms with Crippen molar-refractivity contribution >= 4 is 24.3 Å². The van der Waals surface area contributed by atoms with Gasteiger partial charge in [-0.05, 0) is 33.1 Å². The highest BCUT2D eigenvalue weighted by atomic mass is 16.7. The standard InChI is InChI=1S/C32H54N2O10/c1-7-8-9-10-11-12-13-14-19-43-28(39)44-22-15-16-23(25(36)33-20-22)34-26(37)24(42-6)32(41)27(38)31(40,30(32,4)5)18-17-29(2,3)21-35/h17-18,21-24,27,38,40-41H,7-16,19-20H2,1-6H3,(H,33,36)(H,34,37)/t22-,23+,24+,27+,31+,32+/m1/s1. The van der Waals surface area contributed by atoms with Crippen molar-refractivity contribution in [3.63, 3.8) is 0 Å². The van der Waals surface area contributed by atoms with Crippen molar-refractivity contribution in [1.29, 1.82) is 0 Å². The molecule has 252 valence electrons. The molecular formula is C32H54N2O10. The molecule has 0 unspecified atom stereocenters. The fourth-order valence-electron chi connectivity index (χ4n) is 5.87. The Morgan fingerprint density at radius 2 is 1.70 bits per heavy atom. The van der Waals surface area contributed by atoms with Gasteiger partial charge in [0.25, 0.3) is 5.91 Å². The Labute approximate surface area is 261 Å². The first-order valence-corrected chi connectivity index (χ1v) is 15.8. The van der Waals surface area contributed by atoms with E-state index >= 15 is 0 Å². The van der Waals surface area contributed by atoms with Crippen LogP contribution in [0.5, 0.6) is 0 Å². The van der Waals surface area contributed by atoms with Gasteiger partial charge in [-0.1, -0.05) is 77.9 Å². The molecular weight excluding hydrogens is 572 g/mol. The topological polar surface area (TPSA) is 181 Å². The number of aliphatic hydroxyl groups is 3. The minimum absolute atomic E-state index is 0.0396. The molecule has 6 atom stereocenters. The predicted molar refractivity (Wildman–Crippen MR) is 162 cm³/mol. The third-order valence-corrected chi connectivity index (χ3v) is 9.18. The molecule has 1 saturated heterocycles. The number of aldehydes is 1.